The molecule has 1 aromatic rings. The van der Waals surface area contributed by atoms with Gasteiger partial charge in [-0.25, -0.2) is 4.39 Å². The molecule has 106 valence electrons. The van der Waals surface area contributed by atoms with Crippen molar-refractivity contribution in [3.05, 3.63) is 35.6 Å². The zero-order valence-corrected chi connectivity index (χ0v) is 10.5. The fourth-order valence-corrected chi connectivity index (χ4v) is 1.88. The summed E-state index contributed by atoms with van der Waals surface area (Å²) in [6, 6.07) is 5.41. The first-order valence-corrected chi connectivity index (χ1v) is 5.95. The Kier molecular flexibility index (Phi) is 5.88. The maximum absolute atomic E-state index is 13.2. The molecule has 0 aliphatic rings. The van der Waals surface area contributed by atoms with Crippen LogP contribution >= 0.6 is 0 Å². The van der Waals surface area contributed by atoms with Gasteiger partial charge < -0.3 is 20.7 Å². The highest BCUT2D eigenvalue weighted by Crippen LogP contribution is 2.28. The van der Waals surface area contributed by atoms with E-state index >= 15 is 0 Å². The molecular weight excluding hydrogens is 253 g/mol. The number of aliphatic hydroxyl groups excluding tert-OH is 1. The normalized spacial score (nSPS) is 14.1. The van der Waals surface area contributed by atoms with Crippen LogP contribution in [0.5, 0.6) is 0 Å². The lowest BCUT2D eigenvalue weighted by Gasteiger charge is -2.28. The summed E-state index contributed by atoms with van der Waals surface area (Å²) in [7, 11) is 0. The second-order valence-electron chi connectivity index (χ2n) is 4.19. The molecule has 0 saturated carbocycles. The van der Waals surface area contributed by atoms with E-state index in [1.165, 1.54) is 24.3 Å². The first-order chi connectivity index (χ1) is 9.06. The van der Waals surface area contributed by atoms with Crippen molar-refractivity contribution in [1.29, 1.82) is 0 Å². The van der Waals surface area contributed by atoms with Crippen molar-refractivity contribution in [3.63, 3.8) is 0 Å². The van der Waals surface area contributed by atoms with E-state index < -0.39 is 17.2 Å². The van der Waals surface area contributed by atoms with E-state index in [0.29, 0.717) is 5.56 Å². The molecule has 0 bridgehead atoms. The van der Waals surface area contributed by atoms with Crippen molar-refractivity contribution in [1.82, 2.24) is 0 Å². The molecule has 0 aromatic heterocycles. The van der Waals surface area contributed by atoms with Gasteiger partial charge in [0.1, 0.15) is 11.2 Å². The molecule has 1 atom stereocenters. The van der Waals surface area contributed by atoms with Gasteiger partial charge in [0.15, 0.2) is 0 Å². The van der Waals surface area contributed by atoms with E-state index in [2.05, 4.69) is 0 Å². The Morgan fingerprint density at radius 2 is 2.16 bits per heavy atom. The second kappa shape index (κ2) is 7.18. The standard InChI is InChI=1S/C13H18FNO4/c14-11-3-1-2-10(8-11)13(9-15,12(17)18)4-6-19-7-5-16/h1-3,8,16H,4-7,9,15H2,(H,17,18). The average molecular weight is 271 g/mol. The van der Waals surface area contributed by atoms with E-state index in [4.69, 9.17) is 15.6 Å². The molecule has 1 unspecified atom stereocenters. The fourth-order valence-electron chi connectivity index (χ4n) is 1.88. The second-order valence-corrected chi connectivity index (χ2v) is 4.19. The summed E-state index contributed by atoms with van der Waals surface area (Å²) < 4.78 is 18.3. The quantitative estimate of drug-likeness (QED) is 0.599. The largest absolute Gasteiger partial charge is 0.481 e. The zero-order valence-electron chi connectivity index (χ0n) is 10.5. The van der Waals surface area contributed by atoms with Crippen molar-refractivity contribution in [2.75, 3.05) is 26.4 Å². The fraction of sp³-hybridized carbons (Fsp3) is 0.462. The van der Waals surface area contributed by atoms with Crippen LogP contribution in [-0.4, -0.2) is 42.5 Å². The highest BCUT2D eigenvalue weighted by Gasteiger charge is 2.39. The Labute approximate surface area is 110 Å². The molecule has 0 aliphatic heterocycles. The number of aliphatic hydroxyl groups is 1. The Hall–Kier alpha value is -1.50. The smallest absolute Gasteiger partial charge is 0.315 e. The lowest BCUT2D eigenvalue weighted by Crippen LogP contribution is -2.44. The van der Waals surface area contributed by atoms with Gasteiger partial charge in [-0.1, -0.05) is 12.1 Å². The molecule has 6 heteroatoms. The van der Waals surface area contributed by atoms with E-state index in [1.54, 1.807) is 0 Å². The van der Waals surface area contributed by atoms with E-state index in [9.17, 15) is 14.3 Å². The molecular formula is C13H18FNO4. The van der Waals surface area contributed by atoms with Crippen LogP contribution in [0, 0.1) is 5.82 Å². The number of nitrogens with two attached hydrogens (primary N) is 1. The minimum atomic E-state index is -1.38. The number of rotatable bonds is 8. The molecule has 0 amide bonds. The summed E-state index contributed by atoms with van der Waals surface area (Å²) in [4.78, 5) is 11.5. The van der Waals surface area contributed by atoms with Gasteiger partial charge in [-0.05, 0) is 24.1 Å². The van der Waals surface area contributed by atoms with Crippen LogP contribution in [0.4, 0.5) is 4.39 Å². The number of benzene rings is 1. The van der Waals surface area contributed by atoms with Gasteiger partial charge in [0.2, 0.25) is 0 Å². The topological polar surface area (TPSA) is 92.8 Å². The van der Waals surface area contributed by atoms with Crippen LogP contribution in [0.2, 0.25) is 0 Å². The monoisotopic (exact) mass is 271 g/mol. The third kappa shape index (κ3) is 3.73. The number of halogens is 1. The predicted octanol–water partition coefficient (Wildman–Crippen LogP) is 0.506. The summed E-state index contributed by atoms with van der Waals surface area (Å²) in [5.41, 5.74) is 4.53. The summed E-state index contributed by atoms with van der Waals surface area (Å²) in [6.45, 7) is -0.0407. The van der Waals surface area contributed by atoms with Crippen molar-refractivity contribution in [3.8, 4) is 0 Å². The lowest BCUT2D eigenvalue weighted by molar-refractivity contribution is -0.144. The molecule has 5 nitrogen and oxygen atoms in total. The Morgan fingerprint density at radius 3 is 2.68 bits per heavy atom. The minimum absolute atomic E-state index is 0.113. The average Bonchev–Trinajstić information content (AvgIpc) is 2.39. The van der Waals surface area contributed by atoms with Gasteiger partial charge in [0.05, 0.1) is 13.2 Å². The van der Waals surface area contributed by atoms with E-state index in [0.717, 1.165) is 0 Å². The number of hydrogen-bond acceptors (Lipinski definition) is 4. The van der Waals surface area contributed by atoms with Crippen molar-refractivity contribution < 1.29 is 24.1 Å². The summed E-state index contributed by atoms with van der Waals surface area (Å²) in [6.07, 6.45) is 0.113. The molecule has 1 aromatic carbocycles. The SMILES string of the molecule is NCC(CCOCCO)(C(=O)O)c1cccc(F)c1. The van der Waals surface area contributed by atoms with Gasteiger partial charge in [-0.3, -0.25) is 4.79 Å². The molecule has 1 rings (SSSR count). The molecule has 0 spiro atoms. The molecule has 0 fully saturated rings. The number of carboxylic acids is 1. The third-order valence-electron chi connectivity index (χ3n) is 3.04. The van der Waals surface area contributed by atoms with Crippen LogP contribution in [-0.2, 0) is 14.9 Å². The summed E-state index contributed by atoms with van der Waals surface area (Å²) in [5.74, 6) is -1.62. The Bertz CT molecular complexity index is 427. The molecule has 0 aliphatic carbocycles. The van der Waals surface area contributed by atoms with Crippen LogP contribution in [0.15, 0.2) is 24.3 Å². The van der Waals surface area contributed by atoms with Crippen LogP contribution < -0.4 is 5.73 Å². The third-order valence-corrected chi connectivity index (χ3v) is 3.04. The molecule has 0 radical (unpaired) electrons. The maximum Gasteiger partial charge on any atom is 0.315 e. The first kappa shape index (κ1) is 15.6. The highest BCUT2D eigenvalue weighted by atomic mass is 19.1. The molecule has 0 saturated heterocycles. The van der Waals surface area contributed by atoms with Crippen LogP contribution in [0.3, 0.4) is 0 Å². The van der Waals surface area contributed by atoms with Crippen molar-refractivity contribution in [2.45, 2.75) is 11.8 Å². The Balaban J connectivity index is 2.95. The number of aliphatic carboxylic acids is 1. The summed E-state index contributed by atoms with van der Waals surface area (Å²) >= 11 is 0. The van der Waals surface area contributed by atoms with E-state index in [-0.39, 0.29) is 32.8 Å². The number of hydrogen-bond donors (Lipinski definition) is 3. The number of carbonyl (C=O) groups is 1. The molecule has 19 heavy (non-hydrogen) atoms. The van der Waals surface area contributed by atoms with Crippen molar-refractivity contribution >= 4 is 5.97 Å². The Morgan fingerprint density at radius 1 is 1.42 bits per heavy atom. The lowest BCUT2D eigenvalue weighted by atomic mass is 9.78. The van der Waals surface area contributed by atoms with Gasteiger partial charge in [0, 0.05) is 13.2 Å². The maximum atomic E-state index is 13.2. The van der Waals surface area contributed by atoms with Gasteiger partial charge in [-0.2, -0.15) is 0 Å². The van der Waals surface area contributed by atoms with Crippen LogP contribution in [0.1, 0.15) is 12.0 Å². The number of carboxylic acid groups (broad SMARTS) is 1. The van der Waals surface area contributed by atoms with Gasteiger partial charge in [-0.15, -0.1) is 0 Å². The predicted molar refractivity (Wildman–Crippen MR) is 67.3 cm³/mol. The highest BCUT2D eigenvalue weighted by molar-refractivity contribution is 5.81. The van der Waals surface area contributed by atoms with E-state index in [1.807, 2.05) is 0 Å². The zero-order chi connectivity index (χ0) is 14.3. The van der Waals surface area contributed by atoms with Crippen LogP contribution in [0.25, 0.3) is 0 Å². The first-order valence-electron chi connectivity index (χ1n) is 5.95. The van der Waals surface area contributed by atoms with Gasteiger partial charge >= 0.3 is 5.97 Å². The van der Waals surface area contributed by atoms with Gasteiger partial charge in [0.25, 0.3) is 0 Å². The van der Waals surface area contributed by atoms with Crippen molar-refractivity contribution in [2.24, 2.45) is 5.73 Å². The number of ether oxygens (including phenoxy) is 1. The minimum Gasteiger partial charge on any atom is -0.481 e. The summed E-state index contributed by atoms with van der Waals surface area (Å²) in [5, 5.41) is 18.0. The molecule has 0 heterocycles. The molecule has 4 N–H and O–H groups in total.